The Hall–Kier alpha value is -2.26. The summed E-state index contributed by atoms with van der Waals surface area (Å²) in [7, 11) is 0. The fourth-order valence-electron chi connectivity index (χ4n) is 1.88. The lowest BCUT2D eigenvalue weighted by molar-refractivity contribution is -0.137. The Labute approximate surface area is 104 Å². The van der Waals surface area contributed by atoms with Crippen molar-refractivity contribution in [2.75, 3.05) is 6.79 Å². The molecule has 1 aliphatic rings. The molecule has 0 aromatic heterocycles. The molecule has 0 spiro atoms. The number of benzene rings is 1. The third-order valence-electron chi connectivity index (χ3n) is 2.74. The summed E-state index contributed by atoms with van der Waals surface area (Å²) in [5.74, 6) is 0.0652. The van der Waals surface area contributed by atoms with Gasteiger partial charge >= 0.3 is 5.97 Å². The number of carboxylic acid groups (broad SMARTS) is 1. The summed E-state index contributed by atoms with van der Waals surface area (Å²) in [4.78, 5) is 10.5. The van der Waals surface area contributed by atoms with E-state index in [-0.39, 0.29) is 19.6 Å². The van der Waals surface area contributed by atoms with Crippen molar-refractivity contribution in [3.8, 4) is 17.6 Å². The number of carboxylic acids is 1. The summed E-state index contributed by atoms with van der Waals surface area (Å²) >= 11 is 0. The van der Waals surface area contributed by atoms with E-state index < -0.39 is 12.0 Å². The van der Waals surface area contributed by atoms with E-state index in [2.05, 4.69) is 0 Å². The van der Waals surface area contributed by atoms with Crippen molar-refractivity contribution >= 4 is 5.97 Å². The molecule has 1 aromatic carbocycles. The van der Waals surface area contributed by atoms with Crippen LogP contribution in [0.25, 0.3) is 0 Å². The van der Waals surface area contributed by atoms with Crippen LogP contribution in [0.15, 0.2) is 12.1 Å². The predicted octanol–water partition coefficient (Wildman–Crippen LogP) is 1.15. The monoisotopic (exact) mass is 248 g/mol. The summed E-state index contributed by atoms with van der Waals surface area (Å²) in [5, 5.41) is 17.7. The highest BCUT2D eigenvalue weighted by molar-refractivity contribution is 5.67. The molecule has 1 aromatic rings. The number of hydrogen-bond donors (Lipinski definition) is 2. The first-order valence-corrected chi connectivity index (χ1v) is 5.43. The van der Waals surface area contributed by atoms with Gasteiger partial charge in [0.2, 0.25) is 6.79 Å². The van der Waals surface area contributed by atoms with Crippen LogP contribution in [-0.4, -0.2) is 17.9 Å². The molecule has 6 heteroatoms. The van der Waals surface area contributed by atoms with Crippen LogP contribution in [0.5, 0.6) is 11.5 Å². The van der Waals surface area contributed by atoms with Gasteiger partial charge < -0.3 is 20.3 Å². The molecule has 0 saturated carbocycles. The molecular weight excluding hydrogens is 236 g/mol. The summed E-state index contributed by atoms with van der Waals surface area (Å²) in [6.45, 7) is 0.0862. The molecule has 0 radical (unpaired) electrons. The lowest BCUT2D eigenvalue weighted by Crippen LogP contribution is -2.14. The first kappa shape index (κ1) is 12.2. The summed E-state index contributed by atoms with van der Waals surface area (Å²) < 4.78 is 10.5. The van der Waals surface area contributed by atoms with Gasteiger partial charge in [-0.1, -0.05) is 0 Å². The number of hydrogen-bond acceptors (Lipinski definition) is 5. The van der Waals surface area contributed by atoms with Gasteiger partial charge in [-0.3, -0.25) is 4.79 Å². The van der Waals surface area contributed by atoms with Gasteiger partial charge in [0.05, 0.1) is 11.6 Å². The lowest BCUT2D eigenvalue weighted by Gasteiger charge is -2.14. The van der Waals surface area contributed by atoms with Crippen molar-refractivity contribution in [3.63, 3.8) is 0 Å². The van der Waals surface area contributed by atoms with Gasteiger partial charge in [-0.15, -0.1) is 0 Å². The number of ether oxygens (including phenoxy) is 2. The fourth-order valence-corrected chi connectivity index (χ4v) is 1.88. The summed E-state index contributed by atoms with van der Waals surface area (Å²) in [5.41, 5.74) is 6.85. The van der Waals surface area contributed by atoms with Crippen LogP contribution in [0.1, 0.15) is 30.0 Å². The molecule has 0 amide bonds. The quantitative estimate of drug-likeness (QED) is 0.827. The van der Waals surface area contributed by atoms with Crippen molar-refractivity contribution in [3.05, 3.63) is 23.3 Å². The maximum absolute atomic E-state index is 10.5. The molecule has 94 valence electrons. The molecule has 2 rings (SSSR count). The Morgan fingerprint density at radius 1 is 1.56 bits per heavy atom. The van der Waals surface area contributed by atoms with E-state index in [4.69, 9.17) is 25.6 Å². The van der Waals surface area contributed by atoms with Crippen LogP contribution in [-0.2, 0) is 4.79 Å². The number of nitrogens with zero attached hydrogens (tertiary/aromatic N) is 1. The molecule has 0 aliphatic carbocycles. The molecule has 0 fully saturated rings. The predicted molar refractivity (Wildman–Crippen MR) is 61.1 cm³/mol. The van der Waals surface area contributed by atoms with Crippen LogP contribution >= 0.6 is 0 Å². The number of nitrogens with two attached hydrogens (primary N) is 1. The maximum Gasteiger partial charge on any atom is 0.303 e. The maximum atomic E-state index is 10.5. The second-order valence-electron chi connectivity index (χ2n) is 3.91. The average molecular weight is 248 g/mol. The first-order chi connectivity index (χ1) is 8.63. The van der Waals surface area contributed by atoms with Crippen molar-refractivity contribution in [1.29, 1.82) is 5.26 Å². The van der Waals surface area contributed by atoms with Crippen LogP contribution in [0.2, 0.25) is 0 Å². The standard InChI is InChI=1S/C12H12N2O4/c13-5-7-1-3-9-12(18-6-17-9)11(7)8(14)2-4-10(15)16/h1,3,8H,2,4,6,14H2,(H,15,16). The molecule has 0 saturated heterocycles. The average Bonchev–Trinajstić information content (AvgIpc) is 2.82. The van der Waals surface area contributed by atoms with Gasteiger partial charge in [-0.25, -0.2) is 0 Å². The van der Waals surface area contributed by atoms with Crippen molar-refractivity contribution in [2.45, 2.75) is 18.9 Å². The SMILES string of the molecule is N#Cc1ccc2c(c1C(N)CCC(=O)O)OCO2. The van der Waals surface area contributed by atoms with Gasteiger partial charge in [0.1, 0.15) is 0 Å². The molecule has 1 unspecified atom stereocenters. The molecule has 1 atom stereocenters. The summed E-state index contributed by atoms with van der Waals surface area (Å²) in [6, 6.07) is 4.72. The fraction of sp³-hybridized carbons (Fsp3) is 0.333. The van der Waals surface area contributed by atoms with E-state index in [9.17, 15) is 4.79 Å². The van der Waals surface area contributed by atoms with Crippen LogP contribution in [0.4, 0.5) is 0 Å². The van der Waals surface area contributed by atoms with Crippen molar-refractivity contribution < 1.29 is 19.4 Å². The number of aliphatic carboxylic acids is 1. The highest BCUT2D eigenvalue weighted by Crippen LogP contribution is 2.40. The van der Waals surface area contributed by atoms with E-state index in [1.165, 1.54) is 0 Å². The Morgan fingerprint density at radius 3 is 3.00 bits per heavy atom. The third kappa shape index (κ3) is 2.21. The smallest absolute Gasteiger partial charge is 0.303 e. The Kier molecular flexibility index (Phi) is 3.35. The highest BCUT2D eigenvalue weighted by atomic mass is 16.7. The van der Waals surface area contributed by atoms with E-state index in [1.807, 2.05) is 6.07 Å². The molecule has 3 N–H and O–H groups in total. The van der Waals surface area contributed by atoms with E-state index in [0.717, 1.165) is 0 Å². The Bertz CT molecular complexity index is 522. The zero-order valence-corrected chi connectivity index (χ0v) is 9.55. The molecule has 1 heterocycles. The zero-order chi connectivity index (χ0) is 13.1. The van der Waals surface area contributed by atoms with Crippen LogP contribution in [0, 0.1) is 11.3 Å². The van der Waals surface area contributed by atoms with Crippen molar-refractivity contribution in [2.24, 2.45) is 5.73 Å². The topological polar surface area (TPSA) is 106 Å². The molecule has 6 nitrogen and oxygen atoms in total. The van der Waals surface area contributed by atoms with Gasteiger partial charge in [0.15, 0.2) is 11.5 Å². The van der Waals surface area contributed by atoms with Crippen molar-refractivity contribution in [1.82, 2.24) is 0 Å². The second-order valence-corrected chi connectivity index (χ2v) is 3.91. The first-order valence-electron chi connectivity index (χ1n) is 5.43. The molecule has 0 bridgehead atoms. The minimum absolute atomic E-state index is 0.0590. The van der Waals surface area contributed by atoms with Gasteiger partial charge in [-0.05, 0) is 18.6 Å². The van der Waals surface area contributed by atoms with E-state index >= 15 is 0 Å². The highest BCUT2D eigenvalue weighted by Gasteiger charge is 2.25. The normalized spacial score (nSPS) is 14.0. The zero-order valence-electron chi connectivity index (χ0n) is 9.55. The minimum atomic E-state index is -0.922. The Balaban J connectivity index is 2.33. The molecular formula is C12H12N2O4. The molecule has 1 aliphatic heterocycles. The second kappa shape index (κ2) is 4.94. The van der Waals surface area contributed by atoms with Gasteiger partial charge in [0, 0.05) is 18.0 Å². The minimum Gasteiger partial charge on any atom is -0.481 e. The Morgan fingerprint density at radius 2 is 2.33 bits per heavy atom. The third-order valence-corrected chi connectivity index (χ3v) is 2.74. The number of rotatable bonds is 4. The lowest BCUT2D eigenvalue weighted by atomic mass is 9.96. The largest absolute Gasteiger partial charge is 0.481 e. The molecule has 18 heavy (non-hydrogen) atoms. The number of fused-ring (bicyclic) bond motifs is 1. The van der Waals surface area contributed by atoms with Crippen LogP contribution in [0.3, 0.4) is 0 Å². The van der Waals surface area contributed by atoms with Crippen LogP contribution < -0.4 is 15.2 Å². The number of carbonyl (C=O) groups is 1. The van der Waals surface area contributed by atoms with E-state index in [1.54, 1.807) is 12.1 Å². The van der Waals surface area contributed by atoms with E-state index in [0.29, 0.717) is 22.6 Å². The van der Waals surface area contributed by atoms with Gasteiger partial charge in [0.25, 0.3) is 0 Å². The number of nitriles is 1. The summed E-state index contributed by atoms with van der Waals surface area (Å²) in [6.07, 6.45) is 0.181. The van der Waals surface area contributed by atoms with Gasteiger partial charge in [-0.2, -0.15) is 5.26 Å².